The zero-order chi connectivity index (χ0) is 14.7. The molecule has 1 saturated carbocycles. The van der Waals surface area contributed by atoms with Crippen LogP contribution in [0, 0.1) is 11.8 Å². The van der Waals surface area contributed by atoms with Crippen molar-refractivity contribution in [2.75, 3.05) is 6.54 Å². The number of rotatable bonds is 4. The molecule has 3 rings (SSSR count). The number of nitrogens with one attached hydrogen (secondary N) is 1. The van der Waals surface area contributed by atoms with Crippen LogP contribution in [-0.4, -0.2) is 11.5 Å². The molecule has 1 aromatic carbocycles. The van der Waals surface area contributed by atoms with E-state index >= 15 is 0 Å². The topological polar surface area (TPSA) is 24.9 Å². The van der Waals surface area contributed by atoms with Crippen LogP contribution in [0.1, 0.15) is 51.1 Å². The highest BCUT2D eigenvalue weighted by molar-refractivity contribution is 5.82. The molecule has 1 fully saturated rings. The lowest BCUT2D eigenvalue weighted by Crippen LogP contribution is -2.30. The summed E-state index contributed by atoms with van der Waals surface area (Å²) in [6.07, 6.45) is 7.31. The Balaban J connectivity index is 1.95. The summed E-state index contributed by atoms with van der Waals surface area (Å²) in [5, 5.41) is 5.06. The van der Waals surface area contributed by atoms with E-state index in [2.05, 4.69) is 54.5 Å². The van der Waals surface area contributed by atoms with Gasteiger partial charge in [-0.05, 0) is 48.9 Å². The molecule has 0 aliphatic heterocycles. The SMILES string of the molecule is CCNC(c1cccc2ncccc12)C1CCC(C)CC1. The first kappa shape index (κ1) is 14.5. The molecule has 1 heterocycles. The third kappa shape index (κ3) is 3.11. The van der Waals surface area contributed by atoms with Gasteiger partial charge in [-0.1, -0.05) is 44.9 Å². The van der Waals surface area contributed by atoms with Crippen LogP contribution in [0.15, 0.2) is 36.5 Å². The zero-order valence-electron chi connectivity index (χ0n) is 13.2. The molecule has 2 nitrogen and oxygen atoms in total. The van der Waals surface area contributed by atoms with Crippen molar-refractivity contribution in [1.29, 1.82) is 0 Å². The van der Waals surface area contributed by atoms with Crippen LogP contribution >= 0.6 is 0 Å². The van der Waals surface area contributed by atoms with E-state index in [4.69, 9.17) is 0 Å². The standard InChI is InChI=1S/C19H26N2/c1-3-20-19(15-11-9-14(2)10-12-15)17-6-4-8-18-16(17)7-5-13-21-18/h4-8,13-15,19-20H,3,9-12H2,1-2H3. The fourth-order valence-electron chi connectivity index (χ4n) is 3.77. The summed E-state index contributed by atoms with van der Waals surface area (Å²) in [7, 11) is 0. The molecule has 2 aromatic rings. The summed E-state index contributed by atoms with van der Waals surface area (Å²) < 4.78 is 0. The predicted molar refractivity (Wildman–Crippen MR) is 89.3 cm³/mol. The lowest BCUT2D eigenvalue weighted by molar-refractivity contribution is 0.234. The summed E-state index contributed by atoms with van der Waals surface area (Å²) in [6, 6.07) is 11.3. The minimum Gasteiger partial charge on any atom is -0.310 e. The monoisotopic (exact) mass is 282 g/mol. The molecule has 1 aliphatic rings. The van der Waals surface area contributed by atoms with Gasteiger partial charge in [0.05, 0.1) is 5.52 Å². The molecule has 21 heavy (non-hydrogen) atoms. The number of nitrogens with zero attached hydrogens (tertiary/aromatic N) is 1. The maximum Gasteiger partial charge on any atom is 0.0705 e. The maximum atomic E-state index is 4.51. The van der Waals surface area contributed by atoms with Crippen LogP contribution in [0.25, 0.3) is 10.9 Å². The Labute approximate surface area is 128 Å². The molecule has 1 atom stereocenters. The number of fused-ring (bicyclic) bond motifs is 1. The summed E-state index contributed by atoms with van der Waals surface area (Å²) in [5.74, 6) is 1.66. The summed E-state index contributed by atoms with van der Waals surface area (Å²) in [6.45, 7) is 5.62. The highest BCUT2D eigenvalue weighted by atomic mass is 14.9. The van der Waals surface area contributed by atoms with Gasteiger partial charge in [-0.2, -0.15) is 0 Å². The maximum absolute atomic E-state index is 4.51. The number of aromatic nitrogens is 1. The van der Waals surface area contributed by atoms with Gasteiger partial charge in [-0.25, -0.2) is 0 Å². The third-order valence-corrected chi connectivity index (χ3v) is 4.97. The van der Waals surface area contributed by atoms with E-state index in [0.29, 0.717) is 6.04 Å². The second-order valence-electron chi connectivity index (χ2n) is 6.47. The van der Waals surface area contributed by atoms with Gasteiger partial charge in [0.25, 0.3) is 0 Å². The molecule has 1 aliphatic carbocycles. The summed E-state index contributed by atoms with van der Waals surface area (Å²) in [4.78, 5) is 4.51. The Morgan fingerprint density at radius 3 is 2.71 bits per heavy atom. The van der Waals surface area contributed by atoms with Crippen molar-refractivity contribution in [2.45, 2.75) is 45.6 Å². The number of hydrogen-bond acceptors (Lipinski definition) is 2. The van der Waals surface area contributed by atoms with Gasteiger partial charge in [0.1, 0.15) is 0 Å². The van der Waals surface area contributed by atoms with Crippen LogP contribution in [0.4, 0.5) is 0 Å². The van der Waals surface area contributed by atoms with E-state index in [1.807, 2.05) is 6.20 Å². The van der Waals surface area contributed by atoms with Gasteiger partial charge in [-0.15, -0.1) is 0 Å². The van der Waals surface area contributed by atoms with Gasteiger partial charge in [0.2, 0.25) is 0 Å². The molecule has 1 N–H and O–H groups in total. The van der Waals surface area contributed by atoms with Gasteiger partial charge >= 0.3 is 0 Å². The molecule has 2 heteroatoms. The lowest BCUT2D eigenvalue weighted by Gasteiger charge is -2.34. The summed E-state index contributed by atoms with van der Waals surface area (Å²) in [5.41, 5.74) is 2.55. The van der Waals surface area contributed by atoms with E-state index in [0.717, 1.165) is 23.9 Å². The van der Waals surface area contributed by atoms with E-state index in [1.165, 1.54) is 36.6 Å². The van der Waals surface area contributed by atoms with E-state index in [1.54, 1.807) is 0 Å². The predicted octanol–water partition coefficient (Wildman–Crippen LogP) is 4.71. The van der Waals surface area contributed by atoms with Gasteiger partial charge in [0, 0.05) is 17.6 Å². The van der Waals surface area contributed by atoms with Gasteiger partial charge in [0.15, 0.2) is 0 Å². The third-order valence-electron chi connectivity index (χ3n) is 4.97. The first-order valence-electron chi connectivity index (χ1n) is 8.36. The van der Waals surface area contributed by atoms with Gasteiger partial charge < -0.3 is 5.32 Å². The average molecular weight is 282 g/mol. The summed E-state index contributed by atoms with van der Waals surface area (Å²) >= 11 is 0. The van der Waals surface area contributed by atoms with E-state index in [-0.39, 0.29) is 0 Å². The highest BCUT2D eigenvalue weighted by Gasteiger charge is 2.27. The Morgan fingerprint density at radius 1 is 1.14 bits per heavy atom. The largest absolute Gasteiger partial charge is 0.310 e. The van der Waals surface area contributed by atoms with Crippen molar-refractivity contribution < 1.29 is 0 Å². The normalized spacial score (nSPS) is 24.1. The highest BCUT2D eigenvalue weighted by Crippen LogP contribution is 2.38. The molecular weight excluding hydrogens is 256 g/mol. The van der Waals surface area contributed by atoms with Crippen LogP contribution in [0.2, 0.25) is 0 Å². The second-order valence-corrected chi connectivity index (χ2v) is 6.47. The molecule has 112 valence electrons. The van der Waals surface area contributed by atoms with Crippen molar-refractivity contribution in [3.8, 4) is 0 Å². The van der Waals surface area contributed by atoms with Crippen molar-refractivity contribution in [3.63, 3.8) is 0 Å². The molecule has 0 amide bonds. The Kier molecular flexibility index (Phi) is 4.54. The molecule has 0 radical (unpaired) electrons. The molecule has 1 unspecified atom stereocenters. The Bertz CT molecular complexity index is 580. The molecule has 0 spiro atoms. The number of benzene rings is 1. The lowest BCUT2D eigenvalue weighted by atomic mass is 9.77. The molecular formula is C19H26N2. The zero-order valence-corrected chi connectivity index (χ0v) is 13.2. The average Bonchev–Trinajstić information content (AvgIpc) is 2.53. The van der Waals surface area contributed by atoms with Crippen molar-refractivity contribution >= 4 is 10.9 Å². The first-order valence-corrected chi connectivity index (χ1v) is 8.36. The number of hydrogen-bond donors (Lipinski definition) is 1. The number of pyridine rings is 1. The second kappa shape index (κ2) is 6.57. The van der Waals surface area contributed by atoms with Gasteiger partial charge in [-0.3, -0.25) is 4.98 Å². The van der Waals surface area contributed by atoms with Crippen molar-refractivity contribution in [2.24, 2.45) is 11.8 Å². The van der Waals surface area contributed by atoms with Crippen LogP contribution in [0.3, 0.4) is 0 Å². The van der Waals surface area contributed by atoms with Crippen LogP contribution in [-0.2, 0) is 0 Å². The van der Waals surface area contributed by atoms with Crippen molar-refractivity contribution in [3.05, 3.63) is 42.1 Å². The fraction of sp³-hybridized carbons (Fsp3) is 0.526. The smallest absolute Gasteiger partial charge is 0.0705 e. The van der Waals surface area contributed by atoms with Crippen LogP contribution < -0.4 is 5.32 Å². The van der Waals surface area contributed by atoms with E-state index < -0.39 is 0 Å². The van der Waals surface area contributed by atoms with Crippen LogP contribution in [0.5, 0.6) is 0 Å². The Morgan fingerprint density at radius 2 is 1.95 bits per heavy atom. The minimum atomic E-state index is 0.468. The Hall–Kier alpha value is -1.41. The minimum absolute atomic E-state index is 0.468. The molecule has 0 saturated heterocycles. The van der Waals surface area contributed by atoms with Crippen molar-refractivity contribution in [1.82, 2.24) is 10.3 Å². The van der Waals surface area contributed by atoms with E-state index in [9.17, 15) is 0 Å². The molecule has 0 bridgehead atoms. The first-order chi connectivity index (χ1) is 10.3. The quantitative estimate of drug-likeness (QED) is 0.878. The fourth-order valence-corrected chi connectivity index (χ4v) is 3.77. The molecule has 1 aromatic heterocycles.